The van der Waals surface area contributed by atoms with Crippen LogP contribution in [0.2, 0.25) is 5.28 Å². The minimum absolute atomic E-state index is 0.0243. The Labute approximate surface area is 109 Å². The summed E-state index contributed by atoms with van der Waals surface area (Å²) >= 11 is 11.5. The molecule has 1 aromatic rings. The Morgan fingerprint density at radius 1 is 1.65 bits per heavy atom. The van der Waals surface area contributed by atoms with Crippen molar-refractivity contribution in [2.24, 2.45) is 5.92 Å². The van der Waals surface area contributed by atoms with E-state index in [0.717, 1.165) is 0 Å². The van der Waals surface area contributed by atoms with E-state index in [9.17, 15) is 4.79 Å². The summed E-state index contributed by atoms with van der Waals surface area (Å²) in [7, 11) is 1.50. The van der Waals surface area contributed by atoms with Gasteiger partial charge in [-0.1, -0.05) is 0 Å². The number of carbonyl (C=O) groups excluding carboxylic acids is 1. The summed E-state index contributed by atoms with van der Waals surface area (Å²) in [5.74, 6) is 1.40. The number of rotatable bonds is 3. The molecule has 1 fully saturated rings. The van der Waals surface area contributed by atoms with Crippen LogP contribution in [-0.2, 0) is 4.79 Å². The highest BCUT2D eigenvalue weighted by atomic mass is 35.5. The van der Waals surface area contributed by atoms with Crippen molar-refractivity contribution >= 4 is 34.9 Å². The van der Waals surface area contributed by atoms with E-state index in [4.69, 9.17) is 27.9 Å². The zero-order chi connectivity index (χ0) is 12.4. The van der Waals surface area contributed by atoms with Crippen LogP contribution >= 0.6 is 23.2 Å². The summed E-state index contributed by atoms with van der Waals surface area (Å²) in [6, 6.07) is 0. The van der Waals surface area contributed by atoms with E-state index < -0.39 is 0 Å². The zero-order valence-corrected chi connectivity index (χ0v) is 10.7. The van der Waals surface area contributed by atoms with Crippen molar-refractivity contribution in [1.29, 1.82) is 0 Å². The summed E-state index contributed by atoms with van der Waals surface area (Å²) in [5.41, 5.74) is 0. The van der Waals surface area contributed by atoms with Crippen LogP contribution in [0.1, 0.15) is 6.42 Å². The molecule has 2 rings (SSSR count). The molecule has 0 aliphatic carbocycles. The first-order valence-electron chi connectivity index (χ1n) is 5.08. The van der Waals surface area contributed by atoms with Crippen LogP contribution in [0, 0.1) is 5.92 Å². The van der Waals surface area contributed by atoms with E-state index in [1.54, 1.807) is 4.90 Å². The lowest BCUT2D eigenvalue weighted by atomic mass is 10.1. The van der Waals surface area contributed by atoms with Crippen molar-refractivity contribution < 1.29 is 9.53 Å². The van der Waals surface area contributed by atoms with Gasteiger partial charge in [0, 0.05) is 18.8 Å². The monoisotopic (exact) mass is 275 g/mol. The number of halogens is 2. The van der Waals surface area contributed by atoms with E-state index in [2.05, 4.69) is 9.97 Å². The smallest absolute Gasteiger partial charge is 0.228 e. The molecule has 92 valence electrons. The van der Waals surface area contributed by atoms with Crippen molar-refractivity contribution in [3.8, 4) is 5.75 Å². The molecular weight excluding hydrogens is 265 g/mol. The highest BCUT2D eigenvalue weighted by Crippen LogP contribution is 2.31. The first-order chi connectivity index (χ1) is 8.15. The molecule has 1 aromatic heterocycles. The third-order valence-electron chi connectivity index (χ3n) is 2.61. The van der Waals surface area contributed by atoms with Gasteiger partial charge in [-0.3, -0.25) is 9.69 Å². The number of anilines is 1. The second kappa shape index (κ2) is 5.06. The fourth-order valence-electron chi connectivity index (χ4n) is 1.77. The lowest BCUT2D eigenvalue weighted by Crippen LogP contribution is -2.26. The normalized spacial score (nSPS) is 19.8. The molecule has 0 bridgehead atoms. The number of alkyl halides is 1. The molecule has 1 saturated heterocycles. The van der Waals surface area contributed by atoms with Gasteiger partial charge < -0.3 is 4.74 Å². The molecule has 1 amide bonds. The van der Waals surface area contributed by atoms with Gasteiger partial charge in [-0.05, 0) is 17.5 Å². The standard InChI is InChI=1S/C10H11Cl2N3O2/c1-17-7-4-13-10(12)14-9(7)15-5-6(3-11)2-8(15)16/h4,6H,2-3,5H2,1H3. The molecule has 1 atom stereocenters. The van der Waals surface area contributed by atoms with Crippen molar-refractivity contribution in [1.82, 2.24) is 9.97 Å². The van der Waals surface area contributed by atoms with Crippen LogP contribution in [-0.4, -0.2) is 35.4 Å². The van der Waals surface area contributed by atoms with Gasteiger partial charge in [0.2, 0.25) is 11.2 Å². The number of nitrogens with zero attached hydrogens (tertiary/aromatic N) is 3. The quantitative estimate of drug-likeness (QED) is 0.623. The van der Waals surface area contributed by atoms with Gasteiger partial charge in [0.15, 0.2) is 11.6 Å². The fraction of sp³-hybridized carbons (Fsp3) is 0.500. The van der Waals surface area contributed by atoms with Crippen molar-refractivity contribution in [2.45, 2.75) is 6.42 Å². The number of amides is 1. The zero-order valence-electron chi connectivity index (χ0n) is 9.19. The molecule has 1 aliphatic heterocycles. The lowest BCUT2D eigenvalue weighted by molar-refractivity contribution is -0.117. The Kier molecular flexibility index (Phi) is 3.69. The molecule has 2 heterocycles. The molecule has 1 unspecified atom stereocenters. The van der Waals surface area contributed by atoms with E-state index in [0.29, 0.717) is 30.4 Å². The van der Waals surface area contributed by atoms with Crippen LogP contribution in [0.4, 0.5) is 5.82 Å². The maximum Gasteiger partial charge on any atom is 0.228 e. The molecule has 5 nitrogen and oxygen atoms in total. The first-order valence-corrected chi connectivity index (χ1v) is 5.99. The first kappa shape index (κ1) is 12.4. The molecule has 0 saturated carbocycles. The lowest BCUT2D eigenvalue weighted by Gasteiger charge is -2.17. The Morgan fingerprint density at radius 2 is 2.41 bits per heavy atom. The minimum atomic E-state index is -0.0243. The number of aromatic nitrogens is 2. The Hall–Kier alpha value is -1.07. The molecular formula is C10H11Cl2N3O2. The number of ether oxygens (including phenoxy) is 1. The van der Waals surface area contributed by atoms with Crippen molar-refractivity contribution in [3.63, 3.8) is 0 Å². The van der Waals surface area contributed by atoms with Crippen LogP contribution in [0.15, 0.2) is 6.20 Å². The molecule has 0 spiro atoms. The predicted octanol–water partition coefficient (Wildman–Crippen LogP) is 1.73. The SMILES string of the molecule is COc1cnc(Cl)nc1N1CC(CCl)CC1=O. The van der Waals surface area contributed by atoms with Crippen molar-refractivity contribution in [2.75, 3.05) is 24.4 Å². The number of hydrogen-bond acceptors (Lipinski definition) is 4. The van der Waals surface area contributed by atoms with E-state index in [-0.39, 0.29) is 17.1 Å². The fourth-order valence-corrected chi connectivity index (χ4v) is 2.10. The number of carbonyl (C=O) groups is 1. The Bertz CT molecular complexity index is 442. The maximum atomic E-state index is 11.8. The second-order valence-electron chi connectivity index (χ2n) is 3.76. The average molecular weight is 276 g/mol. The highest BCUT2D eigenvalue weighted by molar-refractivity contribution is 6.28. The van der Waals surface area contributed by atoms with Gasteiger partial charge in [-0.2, -0.15) is 4.98 Å². The van der Waals surface area contributed by atoms with Crippen LogP contribution in [0.3, 0.4) is 0 Å². The van der Waals surface area contributed by atoms with Crippen LogP contribution < -0.4 is 9.64 Å². The summed E-state index contributed by atoms with van der Waals surface area (Å²) < 4.78 is 5.12. The van der Waals surface area contributed by atoms with E-state index in [1.165, 1.54) is 13.3 Å². The minimum Gasteiger partial charge on any atom is -0.491 e. The summed E-state index contributed by atoms with van der Waals surface area (Å²) in [6.45, 7) is 0.534. The Balaban J connectivity index is 2.33. The molecule has 17 heavy (non-hydrogen) atoms. The number of methoxy groups -OCH3 is 1. The summed E-state index contributed by atoms with van der Waals surface area (Å²) in [5, 5.41) is 0.0860. The number of hydrogen-bond donors (Lipinski definition) is 0. The largest absolute Gasteiger partial charge is 0.491 e. The van der Waals surface area contributed by atoms with Gasteiger partial charge in [-0.15, -0.1) is 11.6 Å². The summed E-state index contributed by atoms with van der Waals surface area (Å²) in [6.07, 6.45) is 1.88. The molecule has 0 N–H and O–H groups in total. The van der Waals surface area contributed by atoms with Gasteiger partial charge in [0.1, 0.15) is 0 Å². The van der Waals surface area contributed by atoms with Crippen molar-refractivity contribution in [3.05, 3.63) is 11.5 Å². The third kappa shape index (κ3) is 2.45. The second-order valence-corrected chi connectivity index (χ2v) is 4.41. The predicted molar refractivity (Wildman–Crippen MR) is 64.8 cm³/mol. The summed E-state index contributed by atoms with van der Waals surface area (Å²) in [4.78, 5) is 21.2. The van der Waals surface area contributed by atoms with Gasteiger partial charge in [-0.25, -0.2) is 4.98 Å². The van der Waals surface area contributed by atoms with Gasteiger partial charge in [0.05, 0.1) is 13.3 Å². The third-order valence-corrected chi connectivity index (χ3v) is 3.22. The van der Waals surface area contributed by atoms with Crippen LogP contribution in [0.5, 0.6) is 5.75 Å². The molecule has 7 heteroatoms. The topological polar surface area (TPSA) is 55.3 Å². The van der Waals surface area contributed by atoms with Crippen LogP contribution in [0.25, 0.3) is 0 Å². The highest BCUT2D eigenvalue weighted by Gasteiger charge is 2.32. The Morgan fingerprint density at radius 3 is 3.00 bits per heavy atom. The van der Waals surface area contributed by atoms with E-state index in [1.807, 2.05) is 0 Å². The van der Waals surface area contributed by atoms with Gasteiger partial charge >= 0.3 is 0 Å². The van der Waals surface area contributed by atoms with Gasteiger partial charge in [0.25, 0.3) is 0 Å². The molecule has 0 radical (unpaired) electrons. The average Bonchev–Trinajstić information content (AvgIpc) is 2.70. The molecule has 1 aliphatic rings. The molecule has 0 aromatic carbocycles. The van der Waals surface area contributed by atoms with E-state index >= 15 is 0 Å². The maximum absolute atomic E-state index is 11.8.